The Labute approximate surface area is 173 Å². The van der Waals surface area contributed by atoms with Gasteiger partial charge in [-0.25, -0.2) is 4.79 Å². The van der Waals surface area contributed by atoms with E-state index in [0.717, 1.165) is 18.4 Å². The van der Waals surface area contributed by atoms with E-state index in [1.165, 1.54) is 11.8 Å². The number of nitrogens with one attached hydrogen (secondary N) is 2. The molecular weight excluding hydrogens is 402 g/mol. The van der Waals surface area contributed by atoms with Crippen LogP contribution in [0.5, 0.6) is 0 Å². The maximum Gasteiger partial charge on any atom is 0.321 e. The zero-order chi connectivity index (χ0) is 20.4. The molecule has 2 N–H and O–H groups in total. The first-order valence-electron chi connectivity index (χ1n) is 8.93. The van der Waals surface area contributed by atoms with Gasteiger partial charge in [0, 0.05) is 37.4 Å². The lowest BCUT2D eigenvalue weighted by Gasteiger charge is -2.10. The summed E-state index contributed by atoms with van der Waals surface area (Å²) in [4.78, 5) is 23.6. The maximum atomic E-state index is 12.0. The molecule has 3 amide bonds. The fourth-order valence-corrected chi connectivity index (χ4v) is 3.24. The average molecular weight is 426 g/mol. The molecule has 8 nitrogen and oxygen atoms in total. The number of carbonyl (C=O) groups excluding carboxylic acids is 2. The van der Waals surface area contributed by atoms with Gasteiger partial charge in [-0.3, -0.25) is 10.1 Å². The van der Waals surface area contributed by atoms with Crippen LogP contribution in [0, 0.1) is 0 Å². The highest BCUT2D eigenvalue weighted by atomic mass is 35.5. The van der Waals surface area contributed by atoms with Crippen LogP contribution < -0.4 is 10.6 Å². The number of benzene rings is 1. The fraction of sp³-hybridized carbons (Fsp3) is 0.444. The quantitative estimate of drug-likeness (QED) is 0.448. The second-order valence-electron chi connectivity index (χ2n) is 5.90. The minimum Gasteiger partial charge on any atom is -0.385 e. The molecule has 152 valence electrons. The largest absolute Gasteiger partial charge is 0.385 e. The molecule has 0 aliphatic rings. The van der Waals surface area contributed by atoms with Gasteiger partial charge in [-0.1, -0.05) is 30.3 Å². The molecule has 2 aromatic rings. The standard InChI is InChI=1S/C18H24ClN5O3S/c1-3-9-20-17(26)21-15(25)12-28-18-23-22-16(24(18)10-4-11-27-2)13-5-7-14(19)8-6-13/h5-8H,3-4,9-12H2,1-2H3,(H2,20,21,25,26). The summed E-state index contributed by atoms with van der Waals surface area (Å²) in [6, 6.07) is 6.84. The number of hydrogen-bond donors (Lipinski definition) is 2. The Morgan fingerprint density at radius 3 is 2.68 bits per heavy atom. The van der Waals surface area contributed by atoms with Gasteiger partial charge in [-0.2, -0.15) is 0 Å². The van der Waals surface area contributed by atoms with E-state index >= 15 is 0 Å². The van der Waals surface area contributed by atoms with Crippen molar-refractivity contribution in [3.05, 3.63) is 29.3 Å². The Morgan fingerprint density at radius 2 is 2.00 bits per heavy atom. The zero-order valence-corrected chi connectivity index (χ0v) is 17.5. The zero-order valence-electron chi connectivity index (χ0n) is 15.9. The van der Waals surface area contributed by atoms with Crippen molar-refractivity contribution < 1.29 is 14.3 Å². The lowest BCUT2D eigenvalue weighted by Crippen LogP contribution is -2.40. The monoisotopic (exact) mass is 425 g/mol. The van der Waals surface area contributed by atoms with Gasteiger partial charge in [0.1, 0.15) is 0 Å². The molecule has 0 spiro atoms. The first-order valence-corrected chi connectivity index (χ1v) is 10.3. The first-order chi connectivity index (χ1) is 13.5. The number of amides is 3. The third-order valence-electron chi connectivity index (χ3n) is 3.67. The van der Waals surface area contributed by atoms with Crippen molar-refractivity contribution in [2.75, 3.05) is 26.0 Å². The molecule has 1 aromatic heterocycles. The molecule has 1 aromatic carbocycles. The van der Waals surface area contributed by atoms with Crippen molar-refractivity contribution in [2.45, 2.75) is 31.5 Å². The van der Waals surface area contributed by atoms with Gasteiger partial charge in [0.2, 0.25) is 5.91 Å². The molecule has 1 heterocycles. The first kappa shape index (κ1) is 22.2. The molecule has 10 heteroatoms. The highest BCUT2D eigenvalue weighted by Crippen LogP contribution is 2.25. The van der Waals surface area contributed by atoms with Crippen LogP contribution >= 0.6 is 23.4 Å². The Kier molecular flexibility index (Phi) is 9.26. The SMILES string of the molecule is CCCNC(=O)NC(=O)CSc1nnc(-c2ccc(Cl)cc2)n1CCCOC. The topological polar surface area (TPSA) is 98.1 Å². The number of rotatable bonds is 10. The summed E-state index contributed by atoms with van der Waals surface area (Å²) in [5, 5.41) is 14.6. The molecule has 0 atom stereocenters. The van der Waals surface area contributed by atoms with E-state index in [9.17, 15) is 9.59 Å². The van der Waals surface area contributed by atoms with Crippen molar-refractivity contribution in [1.29, 1.82) is 0 Å². The molecule has 0 aliphatic heterocycles. The minimum atomic E-state index is -0.490. The van der Waals surface area contributed by atoms with E-state index in [1.807, 2.05) is 23.6 Å². The Balaban J connectivity index is 2.07. The number of aromatic nitrogens is 3. The normalized spacial score (nSPS) is 10.7. The van der Waals surface area contributed by atoms with E-state index in [0.29, 0.717) is 35.7 Å². The van der Waals surface area contributed by atoms with Crippen molar-refractivity contribution in [1.82, 2.24) is 25.4 Å². The molecule has 0 fully saturated rings. The van der Waals surface area contributed by atoms with Crippen molar-refractivity contribution in [3.63, 3.8) is 0 Å². The van der Waals surface area contributed by atoms with Gasteiger partial charge in [-0.05, 0) is 37.1 Å². The Morgan fingerprint density at radius 1 is 1.25 bits per heavy atom. The summed E-state index contributed by atoms with van der Waals surface area (Å²) >= 11 is 7.19. The Hall–Kier alpha value is -2.10. The van der Waals surface area contributed by atoms with Crippen molar-refractivity contribution >= 4 is 35.3 Å². The number of carbonyl (C=O) groups is 2. The Bertz CT molecular complexity index is 782. The number of methoxy groups -OCH3 is 1. The van der Waals surface area contributed by atoms with Gasteiger partial charge in [-0.15, -0.1) is 10.2 Å². The minimum absolute atomic E-state index is 0.0581. The third kappa shape index (κ3) is 6.81. The van der Waals surface area contributed by atoms with Crippen molar-refractivity contribution in [2.24, 2.45) is 0 Å². The van der Waals surface area contributed by atoms with Crippen LogP contribution in [0.4, 0.5) is 4.79 Å². The molecule has 0 bridgehead atoms. The molecular formula is C18H24ClN5O3S. The number of hydrogen-bond acceptors (Lipinski definition) is 6. The van der Waals surface area contributed by atoms with Gasteiger partial charge in [0.25, 0.3) is 0 Å². The van der Waals surface area contributed by atoms with E-state index in [2.05, 4.69) is 20.8 Å². The molecule has 0 saturated carbocycles. The van der Waals surface area contributed by atoms with Crippen LogP contribution in [-0.2, 0) is 16.1 Å². The molecule has 0 unspecified atom stereocenters. The lowest BCUT2D eigenvalue weighted by atomic mass is 10.2. The van der Waals surface area contributed by atoms with Crippen LogP contribution in [0.1, 0.15) is 19.8 Å². The summed E-state index contributed by atoms with van der Waals surface area (Å²) in [5.41, 5.74) is 0.879. The second kappa shape index (κ2) is 11.7. The summed E-state index contributed by atoms with van der Waals surface area (Å²) in [6.07, 6.45) is 1.57. The molecule has 28 heavy (non-hydrogen) atoms. The van der Waals surface area contributed by atoms with Gasteiger partial charge < -0.3 is 14.6 Å². The summed E-state index contributed by atoms with van der Waals surface area (Å²) in [7, 11) is 1.65. The summed E-state index contributed by atoms with van der Waals surface area (Å²) in [6.45, 7) is 3.69. The van der Waals surface area contributed by atoms with Crippen LogP contribution in [0.15, 0.2) is 29.4 Å². The number of thioether (sulfide) groups is 1. The second-order valence-corrected chi connectivity index (χ2v) is 7.28. The predicted molar refractivity (Wildman–Crippen MR) is 110 cm³/mol. The predicted octanol–water partition coefficient (Wildman–Crippen LogP) is 2.96. The third-order valence-corrected chi connectivity index (χ3v) is 4.89. The summed E-state index contributed by atoms with van der Waals surface area (Å²) in [5.74, 6) is 0.359. The smallest absolute Gasteiger partial charge is 0.321 e. The number of imide groups is 1. The van der Waals surface area contributed by atoms with E-state index in [1.54, 1.807) is 19.2 Å². The highest BCUT2D eigenvalue weighted by Gasteiger charge is 2.16. The lowest BCUT2D eigenvalue weighted by molar-refractivity contribution is -0.117. The number of halogens is 1. The van der Waals surface area contributed by atoms with Crippen molar-refractivity contribution in [3.8, 4) is 11.4 Å². The maximum absolute atomic E-state index is 12.0. The highest BCUT2D eigenvalue weighted by molar-refractivity contribution is 7.99. The number of ether oxygens (including phenoxy) is 1. The van der Waals surface area contributed by atoms with E-state index in [-0.39, 0.29) is 5.75 Å². The van der Waals surface area contributed by atoms with Crippen LogP contribution in [-0.4, -0.2) is 52.7 Å². The molecule has 2 rings (SSSR count). The summed E-state index contributed by atoms with van der Waals surface area (Å²) < 4.78 is 7.07. The van der Waals surface area contributed by atoms with Crippen LogP contribution in [0.3, 0.4) is 0 Å². The van der Waals surface area contributed by atoms with Gasteiger partial charge >= 0.3 is 6.03 Å². The van der Waals surface area contributed by atoms with Gasteiger partial charge in [0.15, 0.2) is 11.0 Å². The van der Waals surface area contributed by atoms with E-state index in [4.69, 9.17) is 16.3 Å². The van der Waals surface area contributed by atoms with Gasteiger partial charge in [0.05, 0.1) is 5.75 Å². The number of urea groups is 1. The molecule has 0 saturated heterocycles. The molecule has 0 aliphatic carbocycles. The van der Waals surface area contributed by atoms with E-state index < -0.39 is 11.9 Å². The molecule has 0 radical (unpaired) electrons. The van der Waals surface area contributed by atoms with Crippen LogP contribution in [0.25, 0.3) is 11.4 Å². The number of nitrogens with zero attached hydrogens (tertiary/aromatic N) is 3. The van der Waals surface area contributed by atoms with Crippen LogP contribution in [0.2, 0.25) is 5.02 Å². The average Bonchev–Trinajstić information content (AvgIpc) is 3.08. The fourth-order valence-electron chi connectivity index (χ4n) is 2.35.